The van der Waals surface area contributed by atoms with Crippen LogP contribution in [0.4, 0.5) is 0 Å². The minimum Gasteiger partial charge on any atom is -0.348 e. The topological polar surface area (TPSA) is 67.3 Å². The van der Waals surface area contributed by atoms with Crippen molar-refractivity contribution in [3.63, 3.8) is 0 Å². The Morgan fingerprint density at radius 3 is 2.44 bits per heavy atom. The highest BCUT2D eigenvalue weighted by Crippen LogP contribution is 2.21. The number of nitrogens with zero attached hydrogens (tertiary/aromatic N) is 2. The lowest BCUT2D eigenvalue weighted by Gasteiger charge is -2.15. The molecule has 0 unspecified atom stereocenters. The highest BCUT2D eigenvalue weighted by molar-refractivity contribution is 7.94. The Kier molecular flexibility index (Phi) is 3.69. The van der Waals surface area contributed by atoms with Crippen LogP contribution >= 0.6 is 11.3 Å². The average molecular weight is 262 g/mol. The van der Waals surface area contributed by atoms with Crippen LogP contribution in [0, 0.1) is 6.92 Å². The van der Waals surface area contributed by atoms with E-state index in [2.05, 4.69) is 4.98 Å². The van der Waals surface area contributed by atoms with Crippen molar-refractivity contribution in [1.82, 2.24) is 9.88 Å². The van der Waals surface area contributed by atoms with Crippen LogP contribution in [-0.4, -0.2) is 43.6 Å². The van der Waals surface area contributed by atoms with Crippen LogP contribution < -0.4 is 0 Å². The van der Waals surface area contributed by atoms with Crippen LogP contribution in [0.15, 0.2) is 9.72 Å². The molecular weight excluding hydrogens is 248 g/mol. The Bertz CT molecular complexity index is 491. The van der Waals surface area contributed by atoms with Gasteiger partial charge in [-0.2, -0.15) is 0 Å². The van der Waals surface area contributed by atoms with Crippen LogP contribution in [0.3, 0.4) is 0 Å². The number of hydrogen-bond acceptors (Lipinski definition) is 5. The number of rotatable bonds is 3. The summed E-state index contributed by atoms with van der Waals surface area (Å²) in [5, 5.41) is 0.563. The van der Waals surface area contributed by atoms with E-state index in [0.29, 0.717) is 5.69 Å². The molecule has 1 atom stereocenters. The Balaban J connectivity index is 3.08. The Labute approximate surface area is 99.0 Å². The molecule has 0 spiro atoms. The van der Waals surface area contributed by atoms with E-state index in [0.717, 1.165) is 11.3 Å². The third-order valence-corrected chi connectivity index (χ3v) is 5.54. The van der Waals surface area contributed by atoms with E-state index in [1.165, 1.54) is 25.9 Å². The number of thiazole rings is 1. The summed E-state index contributed by atoms with van der Waals surface area (Å²) < 4.78 is 24.0. The number of aromatic nitrogens is 1. The van der Waals surface area contributed by atoms with Gasteiger partial charge in [-0.1, -0.05) is 0 Å². The zero-order valence-corrected chi connectivity index (χ0v) is 11.2. The molecule has 0 aliphatic heterocycles. The predicted molar refractivity (Wildman–Crippen MR) is 62.2 cm³/mol. The second kappa shape index (κ2) is 4.50. The molecule has 0 bridgehead atoms. The summed E-state index contributed by atoms with van der Waals surface area (Å²) in [6, 6.07) is 0. The normalized spacial score (nSPS) is 13.5. The summed E-state index contributed by atoms with van der Waals surface area (Å²) in [5.41, 5.74) is 0.646. The van der Waals surface area contributed by atoms with Gasteiger partial charge in [-0.25, -0.2) is 13.4 Å². The van der Waals surface area contributed by atoms with Gasteiger partial charge in [0, 0.05) is 25.2 Å². The number of hydrogen-bond donors (Lipinski definition) is 0. The fourth-order valence-corrected chi connectivity index (χ4v) is 3.80. The van der Waals surface area contributed by atoms with Gasteiger partial charge >= 0.3 is 0 Å². The maximum absolute atomic E-state index is 12.0. The maximum atomic E-state index is 12.0. The summed E-state index contributed by atoms with van der Waals surface area (Å²) in [6.45, 7) is 3.10. The fraction of sp³-hybridized carbons (Fsp3) is 0.556. The van der Waals surface area contributed by atoms with Gasteiger partial charge in [0.15, 0.2) is 0 Å². The standard InChI is InChI=1S/C9H14N2O3S2/c1-6-5-15-9(10-6)16(13,14)7(2)8(12)11(3)4/h5,7H,1-4H3/t7-/m0/s1. The number of carbonyl (C=O) groups is 1. The molecule has 5 nitrogen and oxygen atoms in total. The largest absolute Gasteiger partial charge is 0.348 e. The lowest BCUT2D eigenvalue weighted by atomic mass is 10.4. The molecule has 0 aliphatic rings. The first-order valence-corrected chi connectivity index (χ1v) is 7.06. The zero-order chi connectivity index (χ0) is 12.5. The molecule has 16 heavy (non-hydrogen) atoms. The van der Waals surface area contributed by atoms with Crippen molar-refractivity contribution in [2.24, 2.45) is 0 Å². The average Bonchev–Trinajstić information content (AvgIpc) is 2.62. The van der Waals surface area contributed by atoms with Crippen molar-refractivity contribution >= 4 is 27.1 Å². The third-order valence-electron chi connectivity index (χ3n) is 2.10. The van der Waals surface area contributed by atoms with Crippen LogP contribution in [-0.2, 0) is 14.6 Å². The van der Waals surface area contributed by atoms with Gasteiger partial charge in [-0.05, 0) is 13.8 Å². The first kappa shape index (κ1) is 13.1. The first-order chi connectivity index (χ1) is 7.26. The van der Waals surface area contributed by atoms with E-state index in [1.54, 1.807) is 12.3 Å². The van der Waals surface area contributed by atoms with E-state index in [-0.39, 0.29) is 4.34 Å². The molecule has 1 aromatic heterocycles. The van der Waals surface area contributed by atoms with Gasteiger partial charge in [0.05, 0.1) is 0 Å². The van der Waals surface area contributed by atoms with Gasteiger partial charge in [-0.15, -0.1) is 11.3 Å². The molecule has 0 saturated carbocycles. The molecule has 1 rings (SSSR count). The summed E-state index contributed by atoms with van der Waals surface area (Å²) in [7, 11) is -0.588. The van der Waals surface area contributed by atoms with Crippen LogP contribution in [0.25, 0.3) is 0 Å². The summed E-state index contributed by atoms with van der Waals surface area (Å²) in [6.07, 6.45) is 0. The fourth-order valence-electron chi connectivity index (χ4n) is 1.11. The van der Waals surface area contributed by atoms with Crippen LogP contribution in [0.1, 0.15) is 12.6 Å². The second-order valence-electron chi connectivity index (χ2n) is 3.67. The summed E-state index contributed by atoms with van der Waals surface area (Å²) in [5.74, 6) is -0.437. The molecule has 0 saturated heterocycles. The molecular formula is C9H14N2O3S2. The minimum atomic E-state index is -3.65. The maximum Gasteiger partial charge on any atom is 0.240 e. The molecule has 0 radical (unpaired) electrons. The van der Waals surface area contributed by atoms with E-state index < -0.39 is 21.0 Å². The molecule has 0 N–H and O–H groups in total. The van der Waals surface area contributed by atoms with Crippen molar-refractivity contribution in [3.8, 4) is 0 Å². The van der Waals surface area contributed by atoms with Gasteiger partial charge in [0.1, 0.15) is 5.25 Å². The summed E-state index contributed by atoms with van der Waals surface area (Å²) >= 11 is 1.04. The van der Waals surface area contributed by atoms with Gasteiger partial charge in [0.25, 0.3) is 0 Å². The number of carbonyl (C=O) groups excluding carboxylic acids is 1. The minimum absolute atomic E-state index is 0.00713. The highest BCUT2D eigenvalue weighted by atomic mass is 32.2. The van der Waals surface area contributed by atoms with Crippen molar-refractivity contribution in [1.29, 1.82) is 0 Å². The van der Waals surface area contributed by atoms with Crippen LogP contribution in [0.2, 0.25) is 0 Å². The Morgan fingerprint density at radius 1 is 1.50 bits per heavy atom. The molecule has 0 aromatic carbocycles. The van der Waals surface area contributed by atoms with Crippen molar-refractivity contribution in [2.75, 3.05) is 14.1 Å². The summed E-state index contributed by atoms with van der Waals surface area (Å²) in [4.78, 5) is 16.8. The first-order valence-electron chi connectivity index (χ1n) is 4.64. The van der Waals surface area contributed by atoms with Crippen LogP contribution in [0.5, 0.6) is 0 Å². The predicted octanol–water partition coefficient (Wildman–Crippen LogP) is 0.702. The van der Waals surface area contributed by atoms with Crippen molar-refractivity contribution in [2.45, 2.75) is 23.4 Å². The zero-order valence-electron chi connectivity index (χ0n) is 9.59. The van der Waals surface area contributed by atoms with Gasteiger partial charge < -0.3 is 4.90 Å². The smallest absolute Gasteiger partial charge is 0.240 e. The van der Waals surface area contributed by atoms with Crippen molar-refractivity contribution < 1.29 is 13.2 Å². The lowest BCUT2D eigenvalue weighted by molar-refractivity contribution is -0.127. The van der Waals surface area contributed by atoms with E-state index in [4.69, 9.17) is 0 Å². The molecule has 0 fully saturated rings. The molecule has 1 amide bonds. The number of aryl methyl sites for hydroxylation is 1. The Hall–Kier alpha value is -0.950. The highest BCUT2D eigenvalue weighted by Gasteiger charge is 2.32. The third kappa shape index (κ3) is 2.41. The molecule has 7 heteroatoms. The van der Waals surface area contributed by atoms with Gasteiger partial charge in [-0.3, -0.25) is 4.79 Å². The number of amides is 1. The molecule has 1 aromatic rings. The lowest BCUT2D eigenvalue weighted by Crippen LogP contribution is -2.37. The Morgan fingerprint density at radius 2 is 2.06 bits per heavy atom. The van der Waals surface area contributed by atoms with E-state index >= 15 is 0 Å². The quantitative estimate of drug-likeness (QED) is 0.804. The van der Waals surface area contributed by atoms with Crippen molar-refractivity contribution in [3.05, 3.63) is 11.1 Å². The van der Waals surface area contributed by atoms with E-state index in [9.17, 15) is 13.2 Å². The molecule has 90 valence electrons. The number of sulfone groups is 1. The van der Waals surface area contributed by atoms with E-state index in [1.807, 2.05) is 0 Å². The SMILES string of the molecule is Cc1csc(S(=O)(=O)[C@@H](C)C(=O)N(C)C)n1. The van der Waals surface area contributed by atoms with Gasteiger partial charge in [0.2, 0.25) is 20.1 Å². The second-order valence-corrected chi connectivity index (χ2v) is 6.98. The molecule has 1 heterocycles. The molecule has 0 aliphatic carbocycles. The monoisotopic (exact) mass is 262 g/mol.